The second-order valence-corrected chi connectivity index (χ2v) is 7.38. The van der Waals surface area contributed by atoms with Crippen molar-refractivity contribution in [3.63, 3.8) is 0 Å². The predicted molar refractivity (Wildman–Crippen MR) is 88.6 cm³/mol. The monoisotopic (exact) mass is 392 g/mol. The van der Waals surface area contributed by atoms with Crippen LogP contribution in [-0.4, -0.2) is 49.6 Å². The summed E-state index contributed by atoms with van der Waals surface area (Å²) in [5.74, 6) is -5.64. The van der Waals surface area contributed by atoms with Crippen molar-refractivity contribution in [2.24, 2.45) is 0 Å². The van der Waals surface area contributed by atoms with Crippen LogP contribution in [0.25, 0.3) is 0 Å². The van der Waals surface area contributed by atoms with Gasteiger partial charge in [0.15, 0.2) is 17.5 Å². The number of hydrogen-bond acceptors (Lipinski definition) is 4. The summed E-state index contributed by atoms with van der Waals surface area (Å²) in [4.78, 5) is 12.1. The van der Waals surface area contributed by atoms with Crippen molar-refractivity contribution >= 4 is 21.8 Å². The summed E-state index contributed by atoms with van der Waals surface area (Å²) in [6.07, 6.45) is 0.375. The summed E-state index contributed by atoms with van der Waals surface area (Å²) < 4.78 is 66.4. The lowest BCUT2D eigenvalue weighted by Gasteiger charge is -2.26. The van der Waals surface area contributed by atoms with Crippen molar-refractivity contribution < 1.29 is 26.4 Å². The van der Waals surface area contributed by atoms with Crippen molar-refractivity contribution in [3.8, 4) is 6.07 Å². The molecular weight excluding hydrogens is 373 g/mol. The van der Waals surface area contributed by atoms with Crippen LogP contribution in [0.3, 0.4) is 0 Å². The lowest BCUT2D eigenvalue weighted by molar-refractivity contribution is -0.116. The van der Waals surface area contributed by atoms with E-state index in [0.29, 0.717) is 12.5 Å². The molecule has 11 heteroatoms. The third kappa shape index (κ3) is 5.42. The van der Waals surface area contributed by atoms with E-state index in [1.54, 1.807) is 6.92 Å². The van der Waals surface area contributed by atoms with Gasteiger partial charge < -0.3 is 5.32 Å². The van der Waals surface area contributed by atoms with Crippen LogP contribution < -0.4 is 5.32 Å². The van der Waals surface area contributed by atoms with Gasteiger partial charge in [-0.15, -0.1) is 0 Å². The van der Waals surface area contributed by atoms with Crippen molar-refractivity contribution in [1.29, 1.82) is 5.26 Å². The molecule has 0 atom stereocenters. The molecule has 1 amide bonds. The number of carbonyl (C=O) groups excluding carboxylic acids is 1. The minimum Gasteiger partial charge on any atom is -0.322 e. The number of halogens is 3. The van der Waals surface area contributed by atoms with E-state index in [0.717, 1.165) is 14.7 Å². The summed E-state index contributed by atoms with van der Waals surface area (Å²) in [5, 5.41) is 10.6. The maximum Gasteiger partial charge on any atom is 0.282 e. The Balaban J connectivity index is 2.92. The molecule has 1 aromatic rings. The zero-order valence-corrected chi connectivity index (χ0v) is 15.1. The van der Waals surface area contributed by atoms with Gasteiger partial charge in [-0.2, -0.15) is 22.3 Å². The second kappa shape index (κ2) is 9.51. The third-order valence-electron chi connectivity index (χ3n) is 3.36. The fraction of sp³-hybridized carbons (Fsp3) is 0.467. The Kier molecular flexibility index (Phi) is 8.01. The van der Waals surface area contributed by atoms with Gasteiger partial charge in [0, 0.05) is 26.6 Å². The van der Waals surface area contributed by atoms with Crippen molar-refractivity contribution in [2.75, 3.05) is 32.0 Å². The maximum atomic E-state index is 13.6. The Bertz CT molecular complexity index is 796. The van der Waals surface area contributed by atoms with Gasteiger partial charge in [-0.3, -0.25) is 4.79 Å². The summed E-state index contributed by atoms with van der Waals surface area (Å²) in [7, 11) is -2.75. The Morgan fingerprint density at radius 3 is 2.46 bits per heavy atom. The Labute approximate surface area is 150 Å². The van der Waals surface area contributed by atoms with Gasteiger partial charge in [-0.05, 0) is 18.6 Å². The number of benzene rings is 1. The number of rotatable bonds is 9. The van der Waals surface area contributed by atoms with Crippen LogP contribution in [-0.2, 0) is 15.0 Å². The number of anilines is 1. The standard InChI is InChI=1S/C15H19F3N4O3S/c1-3-8-22(26(24,25)21(2)9-4-7-19)10-13(23)20-12-6-5-11(16)14(17)15(12)18/h5-6H,3-4,8-10H2,1-2H3,(H,20,23). The lowest BCUT2D eigenvalue weighted by Crippen LogP contribution is -2.46. The summed E-state index contributed by atoms with van der Waals surface area (Å²) >= 11 is 0. The highest BCUT2D eigenvalue weighted by Gasteiger charge is 2.28. The highest BCUT2D eigenvalue weighted by Crippen LogP contribution is 2.19. The highest BCUT2D eigenvalue weighted by molar-refractivity contribution is 7.86. The molecule has 0 saturated heterocycles. The van der Waals surface area contributed by atoms with Gasteiger partial charge >= 0.3 is 0 Å². The van der Waals surface area contributed by atoms with E-state index in [1.807, 2.05) is 11.4 Å². The van der Waals surface area contributed by atoms with Crippen LogP contribution in [0.2, 0.25) is 0 Å². The number of carbonyl (C=O) groups is 1. The Morgan fingerprint density at radius 2 is 1.88 bits per heavy atom. The first-order chi connectivity index (χ1) is 12.1. The van der Waals surface area contributed by atoms with Crippen LogP contribution in [0.5, 0.6) is 0 Å². The highest BCUT2D eigenvalue weighted by atomic mass is 32.2. The smallest absolute Gasteiger partial charge is 0.282 e. The molecule has 7 nitrogen and oxygen atoms in total. The summed E-state index contributed by atoms with van der Waals surface area (Å²) in [5.41, 5.74) is -0.597. The first-order valence-electron chi connectivity index (χ1n) is 7.66. The molecule has 0 aromatic heterocycles. The largest absolute Gasteiger partial charge is 0.322 e. The van der Waals surface area contributed by atoms with Gasteiger partial charge in [0.25, 0.3) is 10.2 Å². The zero-order chi connectivity index (χ0) is 19.9. The van der Waals surface area contributed by atoms with Crippen LogP contribution >= 0.6 is 0 Å². The van der Waals surface area contributed by atoms with Gasteiger partial charge in [-0.1, -0.05) is 6.92 Å². The predicted octanol–water partition coefficient (Wildman–Crippen LogP) is 1.84. The Morgan fingerprint density at radius 1 is 1.23 bits per heavy atom. The average molecular weight is 392 g/mol. The second-order valence-electron chi connectivity index (χ2n) is 5.34. The molecule has 0 fully saturated rings. The van der Waals surface area contributed by atoms with Crippen LogP contribution in [0.4, 0.5) is 18.9 Å². The minimum absolute atomic E-state index is 0.00685. The number of amides is 1. The molecule has 0 radical (unpaired) electrons. The molecule has 0 saturated carbocycles. The normalized spacial score (nSPS) is 11.6. The summed E-state index contributed by atoms with van der Waals surface area (Å²) in [6, 6.07) is 3.30. The van der Waals surface area contributed by atoms with Gasteiger partial charge in [0.2, 0.25) is 5.91 Å². The van der Waals surface area contributed by atoms with Crippen LogP contribution in [0.15, 0.2) is 12.1 Å². The molecule has 1 N–H and O–H groups in total. The number of nitriles is 1. The van der Waals surface area contributed by atoms with E-state index in [-0.39, 0.29) is 19.5 Å². The minimum atomic E-state index is -4.02. The van der Waals surface area contributed by atoms with Gasteiger partial charge in [0.05, 0.1) is 18.3 Å². The zero-order valence-electron chi connectivity index (χ0n) is 14.3. The molecule has 0 heterocycles. The van der Waals surface area contributed by atoms with E-state index in [4.69, 9.17) is 5.26 Å². The molecule has 0 aliphatic heterocycles. The SMILES string of the molecule is CCCN(CC(=O)Nc1ccc(F)c(F)c1F)S(=O)(=O)N(C)CCC#N. The van der Waals surface area contributed by atoms with Crippen LogP contribution in [0.1, 0.15) is 19.8 Å². The number of hydrogen-bond donors (Lipinski definition) is 1. The quantitative estimate of drug-likeness (QED) is 0.649. The van der Waals surface area contributed by atoms with E-state index in [1.165, 1.54) is 7.05 Å². The first kappa shape index (κ1) is 21.9. The lowest BCUT2D eigenvalue weighted by atomic mass is 10.2. The number of nitrogens with zero attached hydrogens (tertiary/aromatic N) is 3. The van der Waals surface area contributed by atoms with Gasteiger partial charge in [-0.25, -0.2) is 13.2 Å². The molecule has 0 aliphatic rings. The van der Waals surface area contributed by atoms with Crippen molar-refractivity contribution in [1.82, 2.24) is 8.61 Å². The molecule has 0 bridgehead atoms. The van der Waals surface area contributed by atoms with Crippen molar-refractivity contribution in [3.05, 3.63) is 29.6 Å². The maximum absolute atomic E-state index is 13.6. The fourth-order valence-electron chi connectivity index (χ4n) is 2.02. The molecular formula is C15H19F3N4O3S. The van der Waals surface area contributed by atoms with Crippen LogP contribution in [0, 0.1) is 28.8 Å². The van der Waals surface area contributed by atoms with E-state index in [9.17, 15) is 26.4 Å². The van der Waals surface area contributed by atoms with E-state index in [2.05, 4.69) is 0 Å². The van der Waals surface area contributed by atoms with E-state index < -0.39 is 45.8 Å². The average Bonchev–Trinajstić information content (AvgIpc) is 2.59. The Hall–Kier alpha value is -2.16. The van der Waals surface area contributed by atoms with Gasteiger partial charge in [0.1, 0.15) is 0 Å². The van der Waals surface area contributed by atoms with E-state index >= 15 is 0 Å². The molecule has 26 heavy (non-hydrogen) atoms. The fourth-order valence-corrected chi connectivity index (χ4v) is 3.43. The molecule has 0 unspecified atom stereocenters. The molecule has 144 valence electrons. The molecule has 0 aliphatic carbocycles. The topological polar surface area (TPSA) is 93.5 Å². The molecule has 0 spiro atoms. The molecule has 1 aromatic carbocycles. The molecule has 1 rings (SSSR count). The number of nitrogens with one attached hydrogen (secondary N) is 1. The third-order valence-corrected chi connectivity index (χ3v) is 5.30. The summed E-state index contributed by atoms with van der Waals surface area (Å²) in [6.45, 7) is 1.00. The first-order valence-corrected chi connectivity index (χ1v) is 9.06. The van der Waals surface area contributed by atoms with Crippen molar-refractivity contribution in [2.45, 2.75) is 19.8 Å².